The highest BCUT2D eigenvalue weighted by Crippen LogP contribution is 2.43. The molecule has 2 atom stereocenters. The van der Waals surface area contributed by atoms with Crippen molar-refractivity contribution in [3.8, 4) is 0 Å². The van der Waals surface area contributed by atoms with Crippen molar-refractivity contribution in [1.82, 2.24) is 0 Å². The minimum Gasteiger partial charge on any atom is -0.457 e. The molecular formula is C58H105NO7P+. The molecule has 0 saturated heterocycles. The molecule has 0 saturated carbocycles. The third kappa shape index (κ3) is 54.5. The maximum atomic E-state index is 12.8. The average molecular weight is 959 g/mol. The molecule has 0 aliphatic rings. The van der Waals surface area contributed by atoms with Gasteiger partial charge in [-0.15, -0.1) is 0 Å². The first kappa shape index (κ1) is 64.7. The number of carbonyl (C=O) groups is 1. The Morgan fingerprint density at radius 1 is 0.478 bits per heavy atom. The molecule has 0 spiro atoms. The van der Waals surface area contributed by atoms with E-state index in [9.17, 15) is 14.3 Å². The number of esters is 1. The van der Waals surface area contributed by atoms with E-state index in [-0.39, 0.29) is 32.2 Å². The summed E-state index contributed by atoms with van der Waals surface area (Å²) in [5.74, 6) is -0.345. The van der Waals surface area contributed by atoms with Crippen molar-refractivity contribution >= 4 is 13.8 Å². The van der Waals surface area contributed by atoms with Gasteiger partial charge in [0.05, 0.1) is 34.4 Å². The third-order valence-electron chi connectivity index (χ3n) is 11.4. The number of rotatable bonds is 50. The lowest BCUT2D eigenvalue weighted by Gasteiger charge is -2.24. The van der Waals surface area contributed by atoms with Gasteiger partial charge in [0.2, 0.25) is 0 Å². The second-order valence-corrected chi connectivity index (χ2v) is 20.7. The second kappa shape index (κ2) is 50.1. The Kier molecular flexibility index (Phi) is 48.3. The summed E-state index contributed by atoms with van der Waals surface area (Å²) < 4.78 is 35.2. The molecule has 0 radical (unpaired) electrons. The van der Waals surface area contributed by atoms with Crippen molar-refractivity contribution < 1.29 is 37.3 Å². The van der Waals surface area contributed by atoms with E-state index < -0.39 is 13.9 Å². The summed E-state index contributed by atoms with van der Waals surface area (Å²) in [4.78, 5) is 23.0. The molecule has 0 amide bonds. The number of carbonyl (C=O) groups excluding carboxylic acids is 1. The quantitative estimate of drug-likeness (QED) is 0.0213. The van der Waals surface area contributed by atoms with Gasteiger partial charge in [0, 0.05) is 13.0 Å². The highest BCUT2D eigenvalue weighted by molar-refractivity contribution is 7.47. The molecule has 0 aliphatic heterocycles. The molecule has 0 aromatic rings. The largest absolute Gasteiger partial charge is 0.472 e. The average Bonchev–Trinajstić information content (AvgIpc) is 3.29. The highest BCUT2D eigenvalue weighted by atomic mass is 31.2. The molecule has 67 heavy (non-hydrogen) atoms. The number of phosphoric ester groups is 1. The van der Waals surface area contributed by atoms with Gasteiger partial charge in [-0.05, 0) is 89.9 Å². The third-order valence-corrected chi connectivity index (χ3v) is 12.4. The van der Waals surface area contributed by atoms with Gasteiger partial charge in [-0.2, -0.15) is 0 Å². The summed E-state index contributed by atoms with van der Waals surface area (Å²) in [6.07, 6.45) is 67.9. The summed E-state index contributed by atoms with van der Waals surface area (Å²) in [5, 5.41) is 0. The van der Waals surface area contributed by atoms with E-state index in [0.29, 0.717) is 17.6 Å². The van der Waals surface area contributed by atoms with Crippen LogP contribution in [0.4, 0.5) is 0 Å². The van der Waals surface area contributed by atoms with Crippen LogP contribution in [0.15, 0.2) is 85.1 Å². The van der Waals surface area contributed by atoms with Crippen LogP contribution in [0.1, 0.15) is 219 Å². The minimum atomic E-state index is -4.30. The van der Waals surface area contributed by atoms with Crippen molar-refractivity contribution in [1.29, 1.82) is 0 Å². The van der Waals surface area contributed by atoms with Crippen LogP contribution in [0, 0.1) is 0 Å². The standard InChI is InChI=1S/C58H104NO7P/c1-6-8-10-12-14-16-18-20-22-24-26-27-28-29-30-31-32-34-36-38-40-42-44-46-48-50-53-63-55-57(56-65-67(61,62)64-54-52-59(3,4)5)66-58(60)51-49-47-45-43-41-39-37-35-33-25-23-21-19-17-15-13-11-9-7-2/h9,11,15,17-18,20-21,23-24,26,33,35,39,41,57H,6-8,10,12-14,16,19,22,25,27-32,34,36-38,40,42-56H2,1-5H3/p+1/b11-9-,17-15-,20-18-,23-21-,26-24-,35-33-,41-39-. The molecular weight excluding hydrogens is 854 g/mol. The predicted octanol–water partition coefficient (Wildman–Crippen LogP) is 17.2. The summed E-state index contributed by atoms with van der Waals surface area (Å²) in [5.41, 5.74) is 0. The second-order valence-electron chi connectivity index (χ2n) is 19.2. The number of hydrogen-bond acceptors (Lipinski definition) is 6. The lowest BCUT2D eigenvalue weighted by atomic mass is 10.0. The molecule has 9 heteroatoms. The molecule has 0 aromatic carbocycles. The Hall–Kier alpha value is -2.32. The lowest BCUT2D eigenvalue weighted by molar-refractivity contribution is -0.870. The Labute approximate surface area is 414 Å². The molecule has 8 nitrogen and oxygen atoms in total. The van der Waals surface area contributed by atoms with Crippen molar-refractivity contribution in [2.24, 2.45) is 0 Å². The first-order valence-electron chi connectivity index (χ1n) is 27.3. The van der Waals surface area contributed by atoms with Crippen LogP contribution in [0.2, 0.25) is 0 Å². The summed E-state index contributed by atoms with van der Waals surface area (Å²) in [6, 6.07) is 0. The molecule has 388 valence electrons. The fourth-order valence-corrected chi connectivity index (χ4v) is 8.00. The van der Waals surface area contributed by atoms with Gasteiger partial charge in [-0.1, -0.05) is 208 Å². The molecule has 0 fully saturated rings. The molecule has 2 unspecified atom stereocenters. The molecule has 0 aliphatic carbocycles. The van der Waals surface area contributed by atoms with Crippen molar-refractivity contribution in [2.75, 3.05) is 54.1 Å². The molecule has 0 heterocycles. The van der Waals surface area contributed by atoms with E-state index in [1.54, 1.807) is 0 Å². The maximum Gasteiger partial charge on any atom is 0.472 e. The topological polar surface area (TPSA) is 91.3 Å². The van der Waals surface area contributed by atoms with E-state index in [4.69, 9.17) is 18.5 Å². The van der Waals surface area contributed by atoms with Crippen molar-refractivity contribution in [3.63, 3.8) is 0 Å². The van der Waals surface area contributed by atoms with Crippen molar-refractivity contribution in [3.05, 3.63) is 85.1 Å². The van der Waals surface area contributed by atoms with Gasteiger partial charge < -0.3 is 18.9 Å². The van der Waals surface area contributed by atoms with E-state index in [2.05, 4.69) is 98.9 Å². The summed E-state index contributed by atoms with van der Waals surface area (Å²) in [6.45, 7) is 5.46. The van der Waals surface area contributed by atoms with Gasteiger partial charge in [-0.25, -0.2) is 4.57 Å². The monoisotopic (exact) mass is 959 g/mol. The van der Waals surface area contributed by atoms with Gasteiger partial charge in [0.25, 0.3) is 0 Å². The first-order chi connectivity index (χ1) is 32.6. The number of ether oxygens (including phenoxy) is 2. The Bertz CT molecular complexity index is 1340. The Balaban J connectivity index is 4.14. The van der Waals surface area contributed by atoms with Crippen LogP contribution in [-0.2, 0) is 27.9 Å². The fourth-order valence-electron chi connectivity index (χ4n) is 7.26. The number of allylic oxidation sites excluding steroid dienone is 14. The van der Waals surface area contributed by atoms with Crippen LogP contribution in [0.25, 0.3) is 0 Å². The summed E-state index contributed by atoms with van der Waals surface area (Å²) in [7, 11) is 1.64. The predicted molar refractivity (Wildman–Crippen MR) is 288 cm³/mol. The number of likely N-dealkylation sites (N-methyl/N-ethyl adjacent to an activating group) is 1. The van der Waals surface area contributed by atoms with E-state index in [0.717, 1.165) is 77.0 Å². The zero-order valence-corrected chi connectivity index (χ0v) is 45.0. The maximum absolute atomic E-state index is 12.8. The molecule has 0 aromatic heterocycles. The number of phosphoric acid groups is 1. The Morgan fingerprint density at radius 3 is 1.30 bits per heavy atom. The molecule has 0 rings (SSSR count). The smallest absolute Gasteiger partial charge is 0.457 e. The van der Waals surface area contributed by atoms with Gasteiger partial charge in [0.15, 0.2) is 0 Å². The van der Waals surface area contributed by atoms with Gasteiger partial charge in [-0.3, -0.25) is 13.8 Å². The number of nitrogens with zero attached hydrogens (tertiary/aromatic N) is 1. The molecule has 0 bridgehead atoms. The summed E-state index contributed by atoms with van der Waals surface area (Å²) >= 11 is 0. The normalized spacial score (nSPS) is 14.2. The number of unbranched alkanes of at least 4 members (excludes halogenated alkanes) is 22. The number of hydrogen-bond donors (Lipinski definition) is 1. The zero-order chi connectivity index (χ0) is 49.0. The van der Waals surface area contributed by atoms with Crippen molar-refractivity contribution in [2.45, 2.75) is 225 Å². The lowest BCUT2D eigenvalue weighted by Crippen LogP contribution is -2.37. The van der Waals surface area contributed by atoms with Crippen LogP contribution >= 0.6 is 7.82 Å². The highest BCUT2D eigenvalue weighted by Gasteiger charge is 2.26. The first-order valence-corrected chi connectivity index (χ1v) is 28.8. The van der Waals surface area contributed by atoms with Crippen LogP contribution in [0.3, 0.4) is 0 Å². The van der Waals surface area contributed by atoms with E-state index in [1.807, 2.05) is 21.1 Å². The molecule has 1 N–H and O–H groups in total. The van der Waals surface area contributed by atoms with Crippen LogP contribution < -0.4 is 0 Å². The fraction of sp³-hybridized carbons (Fsp3) is 0.741. The van der Waals surface area contributed by atoms with Gasteiger partial charge >= 0.3 is 13.8 Å². The minimum absolute atomic E-state index is 0.0780. The van der Waals surface area contributed by atoms with E-state index >= 15 is 0 Å². The van der Waals surface area contributed by atoms with E-state index in [1.165, 1.54) is 122 Å². The number of quaternary nitrogens is 1. The van der Waals surface area contributed by atoms with Gasteiger partial charge in [0.1, 0.15) is 19.3 Å². The van der Waals surface area contributed by atoms with Crippen LogP contribution in [0.5, 0.6) is 0 Å². The SMILES string of the molecule is CC/C=C\C/C=C\C/C=C\C/C=C\C/C=C\CCCCCC(=O)OC(COCCCCCCCCCCCCCCCC/C=C\C/C=C\CCCCCCC)COP(=O)(O)OCC[N+](C)(C)C. The van der Waals surface area contributed by atoms with Crippen LogP contribution in [-0.4, -0.2) is 75.6 Å². The Morgan fingerprint density at radius 2 is 0.866 bits per heavy atom. The zero-order valence-electron chi connectivity index (χ0n) is 44.1.